The number of methoxy groups -OCH3 is 1. The summed E-state index contributed by atoms with van der Waals surface area (Å²) in [6.07, 6.45) is 1.86. The molecule has 17 heavy (non-hydrogen) atoms. The molecule has 0 amide bonds. The summed E-state index contributed by atoms with van der Waals surface area (Å²) in [5.74, 6) is 0.777. The number of benzene rings is 1. The van der Waals surface area contributed by atoms with E-state index in [0.29, 0.717) is 6.54 Å². The topological polar surface area (TPSA) is 60.2 Å². The van der Waals surface area contributed by atoms with Gasteiger partial charge in [0, 0.05) is 24.7 Å². The van der Waals surface area contributed by atoms with Crippen LogP contribution in [0.5, 0.6) is 5.75 Å². The van der Waals surface area contributed by atoms with Crippen LogP contribution in [-0.4, -0.2) is 19.1 Å². The van der Waals surface area contributed by atoms with Gasteiger partial charge < -0.3 is 15.8 Å². The zero-order chi connectivity index (χ0) is 12.3. The Kier molecular flexibility index (Phi) is 3.56. The molecule has 2 aromatic rings. The number of hydrogen-bond donors (Lipinski definition) is 2. The first kappa shape index (κ1) is 11.8. The fraction of sp³-hybridized carbons (Fsp3) is 0.308. The molecular formula is C13H17N3O. The molecule has 0 aliphatic carbocycles. The van der Waals surface area contributed by atoms with Crippen LogP contribution in [0, 0.1) is 0 Å². The van der Waals surface area contributed by atoms with E-state index in [9.17, 15) is 0 Å². The third-order valence-corrected chi connectivity index (χ3v) is 2.70. The van der Waals surface area contributed by atoms with E-state index in [-0.39, 0.29) is 0 Å². The molecule has 90 valence electrons. The van der Waals surface area contributed by atoms with E-state index in [1.807, 2.05) is 19.3 Å². The fourth-order valence-electron chi connectivity index (χ4n) is 1.90. The van der Waals surface area contributed by atoms with Crippen molar-refractivity contribution < 1.29 is 4.74 Å². The smallest absolute Gasteiger partial charge is 0.145 e. The first-order chi connectivity index (χ1) is 8.28. The van der Waals surface area contributed by atoms with Gasteiger partial charge in [-0.05, 0) is 36.4 Å². The number of fused-ring (bicyclic) bond motifs is 1. The Balaban J connectivity index is 2.58. The van der Waals surface area contributed by atoms with Crippen LogP contribution in [0.25, 0.3) is 10.9 Å². The molecule has 4 nitrogen and oxygen atoms in total. The van der Waals surface area contributed by atoms with Crippen molar-refractivity contribution >= 4 is 10.9 Å². The number of hydrogen-bond acceptors (Lipinski definition) is 4. The van der Waals surface area contributed by atoms with Gasteiger partial charge in [0.05, 0.1) is 7.11 Å². The van der Waals surface area contributed by atoms with Gasteiger partial charge in [0.1, 0.15) is 11.3 Å². The van der Waals surface area contributed by atoms with E-state index in [0.717, 1.165) is 34.3 Å². The summed E-state index contributed by atoms with van der Waals surface area (Å²) >= 11 is 0. The first-order valence-corrected chi connectivity index (χ1v) is 5.58. The predicted octanol–water partition coefficient (Wildman–Crippen LogP) is 1.42. The third-order valence-electron chi connectivity index (χ3n) is 2.70. The molecule has 1 heterocycles. The molecule has 0 fully saturated rings. The molecule has 0 saturated carbocycles. The highest BCUT2D eigenvalue weighted by Crippen LogP contribution is 2.26. The Hall–Kier alpha value is -1.65. The summed E-state index contributed by atoms with van der Waals surface area (Å²) in [6.45, 7) is 1.31. The minimum Gasteiger partial charge on any atom is -0.494 e. The highest BCUT2D eigenvalue weighted by molar-refractivity contribution is 5.85. The van der Waals surface area contributed by atoms with Gasteiger partial charge in [0.15, 0.2) is 0 Å². The van der Waals surface area contributed by atoms with Crippen molar-refractivity contribution in [3.63, 3.8) is 0 Å². The summed E-state index contributed by atoms with van der Waals surface area (Å²) < 4.78 is 5.34. The molecule has 0 aliphatic rings. The van der Waals surface area contributed by atoms with Crippen LogP contribution in [-0.2, 0) is 13.1 Å². The Morgan fingerprint density at radius 2 is 2.06 bits per heavy atom. The Morgan fingerprint density at radius 1 is 1.29 bits per heavy atom. The van der Waals surface area contributed by atoms with Gasteiger partial charge >= 0.3 is 0 Å². The highest BCUT2D eigenvalue weighted by Gasteiger charge is 2.06. The molecule has 2 rings (SSSR count). The Labute approximate surface area is 101 Å². The van der Waals surface area contributed by atoms with Crippen LogP contribution < -0.4 is 15.8 Å². The molecular weight excluding hydrogens is 214 g/mol. The Bertz CT molecular complexity index is 525. The number of aromatic nitrogens is 1. The number of nitrogens with two attached hydrogens (primary N) is 1. The molecule has 0 unspecified atom stereocenters. The third kappa shape index (κ3) is 2.38. The normalized spacial score (nSPS) is 10.8. The highest BCUT2D eigenvalue weighted by atomic mass is 16.5. The lowest BCUT2D eigenvalue weighted by Gasteiger charge is -2.09. The first-order valence-electron chi connectivity index (χ1n) is 5.58. The molecule has 0 spiro atoms. The molecule has 3 N–H and O–H groups in total. The van der Waals surface area contributed by atoms with E-state index in [1.54, 1.807) is 7.11 Å². The van der Waals surface area contributed by atoms with Gasteiger partial charge in [0.25, 0.3) is 0 Å². The quantitative estimate of drug-likeness (QED) is 0.835. The standard InChI is InChI=1S/C13H17N3O/c1-15-7-10-4-11-3-9(6-14)5-12(17-2)13(11)16-8-10/h3-5,8,15H,6-7,14H2,1-2H3. The maximum Gasteiger partial charge on any atom is 0.145 e. The van der Waals surface area contributed by atoms with E-state index in [4.69, 9.17) is 10.5 Å². The molecule has 0 radical (unpaired) electrons. The van der Waals surface area contributed by atoms with Crippen LogP contribution in [0.15, 0.2) is 24.4 Å². The second-order valence-corrected chi connectivity index (χ2v) is 3.95. The fourth-order valence-corrected chi connectivity index (χ4v) is 1.90. The van der Waals surface area contributed by atoms with Crippen LogP contribution >= 0.6 is 0 Å². The summed E-state index contributed by atoms with van der Waals surface area (Å²) in [6, 6.07) is 6.11. The van der Waals surface area contributed by atoms with Gasteiger partial charge in [-0.2, -0.15) is 0 Å². The second kappa shape index (κ2) is 5.12. The summed E-state index contributed by atoms with van der Waals surface area (Å²) in [7, 11) is 3.57. The summed E-state index contributed by atoms with van der Waals surface area (Å²) in [5, 5.41) is 4.18. The van der Waals surface area contributed by atoms with Crippen LogP contribution in [0.2, 0.25) is 0 Å². The van der Waals surface area contributed by atoms with Crippen molar-refractivity contribution in [1.29, 1.82) is 0 Å². The second-order valence-electron chi connectivity index (χ2n) is 3.95. The molecule has 1 aromatic heterocycles. The number of pyridine rings is 1. The monoisotopic (exact) mass is 231 g/mol. The van der Waals surface area contributed by atoms with Gasteiger partial charge in [-0.15, -0.1) is 0 Å². The SMILES string of the molecule is CNCc1cnc2c(OC)cc(CN)cc2c1. The molecule has 0 atom stereocenters. The van der Waals surface area contributed by atoms with Crippen LogP contribution in [0.1, 0.15) is 11.1 Å². The van der Waals surface area contributed by atoms with Crippen molar-refractivity contribution in [2.75, 3.05) is 14.2 Å². The van der Waals surface area contributed by atoms with Crippen molar-refractivity contribution in [2.24, 2.45) is 5.73 Å². The molecule has 0 saturated heterocycles. The largest absolute Gasteiger partial charge is 0.494 e. The summed E-state index contributed by atoms with van der Waals surface area (Å²) in [5.41, 5.74) is 8.75. The Morgan fingerprint density at radius 3 is 2.71 bits per heavy atom. The average molecular weight is 231 g/mol. The lowest BCUT2D eigenvalue weighted by atomic mass is 10.1. The van der Waals surface area contributed by atoms with E-state index in [2.05, 4.69) is 22.4 Å². The van der Waals surface area contributed by atoms with E-state index >= 15 is 0 Å². The number of ether oxygens (including phenoxy) is 1. The van der Waals surface area contributed by atoms with Crippen molar-refractivity contribution in [3.05, 3.63) is 35.5 Å². The van der Waals surface area contributed by atoms with Gasteiger partial charge in [-0.3, -0.25) is 4.98 Å². The number of rotatable bonds is 4. The zero-order valence-corrected chi connectivity index (χ0v) is 10.2. The zero-order valence-electron chi connectivity index (χ0n) is 10.2. The average Bonchev–Trinajstić information content (AvgIpc) is 2.37. The lowest BCUT2D eigenvalue weighted by Crippen LogP contribution is -2.05. The van der Waals surface area contributed by atoms with Crippen LogP contribution in [0.4, 0.5) is 0 Å². The van der Waals surface area contributed by atoms with Gasteiger partial charge in [-0.1, -0.05) is 0 Å². The van der Waals surface area contributed by atoms with Crippen LogP contribution in [0.3, 0.4) is 0 Å². The molecule has 0 aliphatic heterocycles. The van der Waals surface area contributed by atoms with Crippen molar-refractivity contribution in [1.82, 2.24) is 10.3 Å². The maximum absolute atomic E-state index is 5.67. The van der Waals surface area contributed by atoms with E-state index in [1.165, 1.54) is 0 Å². The number of nitrogens with zero attached hydrogens (tertiary/aromatic N) is 1. The minimum absolute atomic E-state index is 0.503. The lowest BCUT2D eigenvalue weighted by molar-refractivity contribution is 0.418. The molecule has 0 bridgehead atoms. The van der Waals surface area contributed by atoms with Gasteiger partial charge in [-0.25, -0.2) is 0 Å². The maximum atomic E-state index is 5.67. The summed E-state index contributed by atoms with van der Waals surface area (Å²) in [4.78, 5) is 4.44. The van der Waals surface area contributed by atoms with Crippen molar-refractivity contribution in [3.8, 4) is 5.75 Å². The molecule has 4 heteroatoms. The minimum atomic E-state index is 0.503. The predicted molar refractivity (Wildman–Crippen MR) is 69.0 cm³/mol. The van der Waals surface area contributed by atoms with Crippen molar-refractivity contribution in [2.45, 2.75) is 13.1 Å². The number of nitrogens with one attached hydrogen (secondary N) is 1. The molecule has 1 aromatic carbocycles. The van der Waals surface area contributed by atoms with E-state index < -0.39 is 0 Å². The van der Waals surface area contributed by atoms with Gasteiger partial charge in [0.2, 0.25) is 0 Å².